The van der Waals surface area contributed by atoms with E-state index in [9.17, 15) is 4.79 Å². The molecule has 0 aromatic rings. The number of nitrogens with one attached hydrogen (secondary N) is 1. The van der Waals surface area contributed by atoms with Crippen LogP contribution in [-0.2, 0) is 4.79 Å². The molecule has 2 nitrogen and oxygen atoms in total. The Labute approximate surface area is 87.5 Å². The van der Waals surface area contributed by atoms with Gasteiger partial charge in [-0.2, -0.15) is 0 Å². The molecule has 0 spiro atoms. The van der Waals surface area contributed by atoms with Gasteiger partial charge in [0.05, 0.1) is 0 Å². The van der Waals surface area contributed by atoms with Crippen LogP contribution in [0.3, 0.4) is 0 Å². The van der Waals surface area contributed by atoms with E-state index in [1.54, 1.807) is 0 Å². The van der Waals surface area contributed by atoms with Gasteiger partial charge in [-0.05, 0) is 38.3 Å². The molecule has 0 aromatic heterocycles. The van der Waals surface area contributed by atoms with Gasteiger partial charge in [0, 0.05) is 11.8 Å². The SMILES string of the molecule is CC(C)(C)C(=O)CC1CCCNCC1. The average molecular weight is 197 g/mol. The molecule has 1 rings (SSSR count). The molecule has 1 heterocycles. The molecule has 82 valence electrons. The molecule has 0 amide bonds. The highest BCUT2D eigenvalue weighted by Gasteiger charge is 2.24. The van der Waals surface area contributed by atoms with Gasteiger partial charge in [0.25, 0.3) is 0 Å². The van der Waals surface area contributed by atoms with Gasteiger partial charge in [-0.3, -0.25) is 4.79 Å². The smallest absolute Gasteiger partial charge is 0.138 e. The standard InChI is InChI=1S/C12H23NO/c1-12(2,3)11(14)9-10-5-4-7-13-8-6-10/h10,13H,4-9H2,1-3H3. The highest BCUT2D eigenvalue weighted by Crippen LogP contribution is 2.24. The highest BCUT2D eigenvalue weighted by molar-refractivity contribution is 5.83. The lowest BCUT2D eigenvalue weighted by molar-refractivity contribution is -0.127. The van der Waals surface area contributed by atoms with Gasteiger partial charge in [0.15, 0.2) is 0 Å². The third kappa shape index (κ3) is 3.79. The van der Waals surface area contributed by atoms with Crippen molar-refractivity contribution in [1.82, 2.24) is 5.32 Å². The lowest BCUT2D eigenvalue weighted by Crippen LogP contribution is -2.23. The predicted octanol–water partition coefficient (Wildman–Crippen LogP) is 2.38. The second-order valence-electron chi connectivity index (χ2n) is 5.42. The zero-order valence-corrected chi connectivity index (χ0v) is 9.73. The van der Waals surface area contributed by atoms with Crippen LogP contribution in [0.2, 0.25) is 0 Å². The molecule has 0 aromatic carbocycles. The Hall–Kier alpha value is -0.370. The number of Topliss-reactive ketones (excluding diaryl/α,β-unsaturated/α-hetero) is 1. The highest BCUT2D eigenvalue weighted by atomic mass is 16.1. The molecule has 1 saturated heterocycles. The molecule has 1 aliphatic heterocycles. The maximum Gasteiger partial charge on any atom is 0.138 e. The van der Waals surface area contributed by atoms with Crippen molar-refractivity contribution in [1.29, 1.82) is 0 Å². The monoisotopic (exact) mass is 197 g/mol. The third-order valence-electron chi connectivity index (χ3n) is 3.01. The van der Waals surface area contributed by atoms with E-state index in [4.69, 9.17) is 0 Å². The first-order valence-corrected chi connectivity index (χ1v) is 5.74. The zero-order valence-electron chi connectivity index (χ0n) is 9.73. The summed E-state index contributed by atoms with van der Waals surface area (Å²) in [5.41, 5.74) is -0.153. The van der Waals surface area contributed by atoms with Crippen LogP contribution in [0.1, 0.15) is 46.5 Å². The van der Waals surface area contributed by atoms with Crippen LogP contribution in [0.15, 0.2) is 0 Å². The molecular weight excluding hydrogens is 174 g/mol. The van der Waals surface area contributed by atoms with Crippen molar-refractivity contribution >= 4 is 5.78 Å². The Balaban J connectivity index is 2.38. The predicted molar refractivity (Wildman–Crippen MR) is 59.3 cm³/mol. The first kappa shape index (κ1) is 11.7. The molecule has 1 fully saturated rings. The van der Waals surface area contributed by atoms with E-state index >= 15 is 0 Å². The van der Waals surface area contributed by atoms with E-state index in [0.29, 0.717) is 11.7 Å². The van der Waals surface area contributed by atoms with Gasteiger partial charge in [0.1, 0.15) is 5.78 Å². The first-order valence-electron chi connectivity index (χ1n) is 5.74. The molecule has 0 bridgehead atoms. The summed E-state index contributed by atoms with van der Waals surface area (Å²) in [5, 5.41) is 3.38. The molecule has 0 saturated carbocycles. The van der Waals surface area contributed by atoms with Crippen LogP contribution >= 0.6 is 0 Å². The number of ketones is 1. The van der Waals surface area contributed by atoms with Gasteiger partial charge in [-0.15, -0.1) is 0 Å². The fourth-order valence-corrected chi connectivity index (χ4v) is 1.86. The number of carbonyl (C=O) groups excluding carboxylic acids is 1. The fraction of sp³-hybridized carbons (Fsp3) is 0.917. The van der Waals surface area contributed by atoms with E-state index in [-0.39, 0.29) is 5.41 Å². The van der Waals surface area contributed by atoms with Crippen LogP contribution in [0.25, 0.3) is 0 Å². The summed E-state index contributed by atoms with van der Waals surface area (Å²) >= 11 is 0. The number of carbonyl (C=O) groups is 1. The summed E-state index contributed by atoms with van der Waals surface area (Å²) in [4.78, 5) is 11.8. The third-order valence-corrected chi connectivity index (χ3v) is 3.01. The Morgan fingerprint density at radius 1 is 1.29 bits per heavy atom. The second-order valence-corrected chi connectivity index (χ2v) is 5.42. The average Bonchev–Trinajstić information content (AvgIpc) is 2.31. The van der Waals surface area contributed by atoms with Crippen LogP contribution < -0.4 is 5.32 Å². The van der Waals surface area contributed by atoms with Gasteiger partial charge >= 0.3 is 0 Å². The second kappa shape index (κ2) is 4.92. The fourth-order valence-electron chi connectivity index (χ4n) is 1.86. The lowest BCUT2D eigenvalue weighted by Gasteiger charge is -2.20. The minimum absolute atomic E-state index is 0.153. The summed E-state index contributed by atoms with van der Waals surface area (Å²) in [6.45, 7) is 8.27. The minimum atomic E-state index is -0.153. The summed E-state index contributed by atoms with van der Waals surface area (Å²) in [7, 11) is 0. The number of hydrogen-bond donors (Lipinski definition) is 1. The summed E-state index contributed by atoms with van der Waals surface area (Å²) in [6, 6.07) is 0. The van der Waals surface area contributed by atoms with Crippen LogP contribution in [-0.4, -0.2) is 18.9 Å². The van der Waals surface area contributed by atoms with Crippen molar-refractivity contribution in [2.45, 2.75) is 46.5 Å². The maximum absolute atomic E-state index is 11.8. The Bertz CT molecular complexity index is 185. The first-order chi connectivity index (χ1) is 6.50. The molecule has 1 N–H and O–H groups in total. The Morgan fingerprint density at radius 3 is 2.64 bits per heavy atom. The topological polar surface area (TPSA) is 29.1 Å². The van der Waals surface area contributed by atoms with Crippen molar-refractivity contribution < 1.29 is 4.79 Å². The summed E-state index contributed by atoms with van der Waals surface area (Å²) in [6.07, 6.45) is 4.39. The zero-order chi connectivity index (χ0) is 10.6. The molecule has 1 aliphatic rings. The van der Waals surface area contributed by atoms with Gasteiger partial charge < -0.3 is 5.32 Å². The number of rotatable bonds is 2. The van der Waals surface area contributed by atoms with E-state index in [1.165, 1.54) is 19.3 Å². The van der Waals surface area contributed by atoms with Crippen LogP contribution in [0.4, 0.5) is 0 Å². The summed E-state index contributed by atoms with van der Waals surface area (Å²) < 4.78 is 0. The molecule has 14 heavy (non-hydrogen) atoms. The number of hydrogen-bond acceptors (Lipinski definition) is 2. The Morgan fingerprint density at radius 2 is 2.00 bits per heavy atom. The van der Waals surface area contributed by atoms with Crippen LogP contribution in [0, 0.1) is 11.3 Å². The quantitative estimate of drug-likeness (QED) is 0.736. The molecule has 1 atom stereocenters. The van der Waals surface area contributed by atoms with Crippen molar-refractivity contribution in [2.24, 2.45) is 11.3 Å². The molecular formula is C12H23NO. The lowest BCUT2D eigenvalue weighted by atomic mass is 9.83. The molecule has 0 radical (unpaired) electrons. The summed E-state index contributed by atoms with van der Waals surface area (Å²) in [5.74, 6) is 1.04. The molecule has 1 unspecified atom stereocenters. The van der Waals surface area contributed by atoms with E-state index < -0.39 is 0 Å². The van der Waals surface area contributed by atoms with Crippen molar-refractivity contribution in [2.75, 3.05) is 13.1 Å². The van der Waals surface area contributed by atoms with Gasteiger partial charge in [-0.25, -0.2) is 0 Å². The normalized spacial score (nSPS) is 24.4. The van der Waals surface area contributed by atoms with Crippen molar-refractivity contribution in [3.8, 4) is 0 Å². The van der Waals surface area contributed by atoms with E-state index in [2.05, 4.69) is 5.32 Å². The van der Waals surface area contributed by atoms with E-state index in [1.807, 2.05) is 20.8 Å². The Kier molecular flexibility index (Phi) is 4.11. The maximum atomic E-state index is 11.8. The molecule has 0 aliphatic carbocycles. The van der Waals surface area contributed by atoms with Gasteiger partial charge in [-0.1, -0.05) is 20.8 Å². The van der Waals surface area contributed by atoms with Crippen LogP contribution in [0.5, 0.6) is 0 Å². The van der Waals surface area contributed by atoms with Gasteiger partial charge in [0.2, 0.25) is 0 Å². The largest absolute Gasteiger partial charge is 0.317 e. The van der Waals surface area contributed by atoms with E-state index in [0.717, 1.165) is 19.5 Å². The van der Waals surface area contributed by atoms with Crippen molar-refractivity contribution in [3.63, 3.8) is 0 Å². The van der Waals surface area contributed by atoms with Crippen molar-refractivity contribution in [3.05, 3.63) is 0 Å². The molecule has 2 heteroatoms. The minimum Gasteiger partial charge on any atom is -0.317 e.